The van der Waals surface area contributed by atoms with Crippen LogP contribution in [0.3, 0.4) is 0 Å². The summed E-state index contributed by atoms with van der Waals surface area (Å²) in [5, 5.41) is 5.22. The normalized spacial score (nSPS) is 10.4. The van der Waals surface area contributed by atoms with Crippen LogP contribution in [-0.2, 0) is 4.74 Å². The number of amides is 1. The van der Waals surface area contributed by atoms with Crippen molar-refractivity contribution in [3.63, 3.8) is 0 Å². The molecule has 0 fully saturated rings. The van der Waals surface area contributed by atoms with Crippen LogP contribution in [0, 0.1) is 0 Å². The molecular formula is C15H16ClNO3S. The lowest BCUT2D eigenvalue weighted by Crippen LogP contribution is -2.12. The Balaban J connectivity index is 2.06. The molecule has 0 aliphatic rings. The molecule has 1 heterocycles. The Morgan fingerprint density at radius 1 is 1.33 bits per heavy atom. The predicted octanol–water partition coefficient (Wildman–Crippen LogP) is 4.07. The summed E-state index contributed by atoms with van der Waals surface area (Å²) in [7, 11) is 1.65. The Kier molecular flexibility index (Phi) is 6.04. The van der Waals surface area contributed by atoms with Crippen molar-refractivity contribution in [2.75, 3.05) is 25.6 Å². The van der Waals surface area contributed by atoms with Crippen molar-refractivity contribution in [3.8, 4) is 5.75 Å². The Labute approximate surface area is 132 Å². The Morgan fingerprint density at radius 2 is 2.19 bits per heavy atom. The van der Waals surface area contributed by atoms with Crippen LogP contribution < -0.4 is 10.1 Å². The van der Waals surface area contributed by atoms with Gasteiger partial charge in [-0.1, -0.05) is 17.7 Å². The van der Waals surface area contributed by atoms with Gasteiger partial charge < -0.3 is 14.8 Å². The number of rotatable bonds is 7. The van der Waals surface area contributed by atoms with Crippen LogP contribution in [0.25, 0.3) is 0 Å². The molecule has 2 rings (SSSR count). The van der Waals surface area contributed by atoms with Gasteiger partial charge in [0.05, 0.1) is 17.2 Å². The van der Waals surface area contributed by atoms with E-state index in [9.17, 15) is 4.79 Å². The summed E-state index contributed by atoms with van der Waals surface area (Å²) < 4.78 is 10.6. The zero-order chi connectivity index (χ0) is 15.1. The fourth-order valence-electron chi connectivity index (χ4n) is 1.70. The molecule has 21 heavy (non-hydrogen) atoms. The second-order valence-corrected chi connectivity index (χ2v) is 5.65. The smallest absolute Gasteiger partial charge is 0.265 e. The van der Waals surface area contributed by atoms with Crippen LogP contribution in [0.2, 0.25) is 5.02 Å². The summed E-state index contributed by atoms with van der Waals surface area (Å²) >= 11 is 7.37. The van der Waals surface area contributed by atoms with E-state index in [1.165, 1.54) is 11.3 Å². The van der Waals surface area contributed by atoms with Crippen molar-refractivity contribution in [1.82, 2.24) is 0 Å². The quantitative estimate of drug-likeness (QED) is 0.781. The molecule has 0 bridgehead atoms. The van der Waals surface area contributed by atoms with Gasteiger partial charge in [-0.15, -0.1) is 11.3 Å². The summed E-state index contributed by atoms with van der Waals surface area (Å²) in [5.74, 6) is 0.425. The first-order chi connectivity index (χ1) is 10.2. The van der Waals surface area contributed by atoms with E-state index in [0.29, 0.717) is 34.6 Å². The van der Waals surface area contributed by atoms with Crippen molar-refractivity contribution < 1.29 is 14.3 Å². The van der Waals surface area contributed by atoms with Crippen LogP contribution >= 0.6 is 22.9 Å². The highest BCUT2D eigenvalue weighted by atomic mass is 35.5. The topological polar surface area (TPSA) is 47.6 Å². The van der Waals surface area contributed by atoms with Gasteiger partial charge in [0.15, 0.2) is 0 Å². The van der Waals surface area contributed by atoms with Crippen LogP contribution in [0.1, 0.15) is 16.1 Å². The summed E-state index contributed by atoms with van der Waals surface area (Å²) in [6.45, 7) is 1.14. The van der Waals surface area contributed by atoms with Crippen molar-refractivity contribution >= 4 is 34.5 Å². The maximum absolute atomic E-state index is 12.1. The van der Waals surface area contributed by atoms with E-state index < -0.39 is 0 Å². The van der Waals surface area contributed by atoms with Crippen molar-refractivity contribution in [3.05, 3.63) is 45.6 Å². The molecule has 0 aliphatic carbocycles. The number of carbonyl (C=O) groups excluding carboxylic acids is 1. The largest absolute Gasteiger partial charge is 0.491 e. The van der Waals surface area contributed by atoms with E-state index in [4.69, 9.17) is 21.1 Å². The summed E-state index contributed by atoms with van der Waals surface area (Å²) in [6, 6.07) is 8.76. The molecule has 1 amide bonds. The van der Waals surface area contributed by atoms with E-state index in [1.54, 1.807) is 31.4 Å². The van der Waals surface area contributed by atoms with Crippen LogP contribution in [0.5, 0.6) is 5.75 Å². The SMILES string of the molecule is COCCCOc1ccc(Cl)cc1NC(=O)c1cccs1. The summed E-state index contributed by atoms with van der Waals surface area (Å²) in [4.78, 5) is 12.7. The van der Waals surface area contributed by atoms with Gasteiger partial charge in [0, 0.05) is 25.2 Å². The van der Waals surface area contributed by atoms with Gasteiger partial charge in [-0.3, -0.25) is 4.79 Å². The molecule has 0 unspecified atom stereocenters. The van der Waals surface area contributed by atoms with Gasteiger partial charge in [0.2, 0.25) is 0 Å². The van der Waals surface area contributed by atoms with Crippen LogP contribution in [0.15, 0.2) is 35.7 Å². The highest BCUT2D eigenvalue weighted by Gasteiger charge is 2.11. The van der Waals surface area contributed by atoms with Gasteiger partial charge in [0.25, 0.3) is 5.91 Å². The number of ether oxygens (including phenoxy) is 2. The molecule has 1 N–H and O–H groups in total. The van der Waals surface area contributed by atoms with Gasteiger partial charge in [-0.2, -0.15) is 0 Å². The third-order valence-electron chi connectivity index (χ3n) is 2.69. The molecule has 1 aromatic heterocycles. The van der Waals surface area contributed by atoms with Gasteiger partial charge in [0.1, 0.15) is 5.75 Å². The number of methoxy groups -OCH3 is 1. The van der Waals surface area contributed by atoms with Crippen molar-refractivity contribution in [2.45, 2.75) is 6.42 Å². The highest BCUT2D eigenvalue weighted by Crippen LogP contribution is 2.29. The minimum atomic E-state index is -0.172. The fraction of sp³-hybridized carbons (Fsp3) is 0.267. The summed E-state index contributed by atoms with van der Waals surface area (Å²) in [5.41, 5.74) is 0.568. The minimum absolute atomic E-state index is 0.172. The third kappa shape index (κ3) is 4.74. The third-order valence-corrected chi connectivity index (χ3v) is 3.79. The first-order valence-electron chi connectivity index (χ1n) is 6.47. The first-order valence-corrected chi connectivity index (χ1v) is 7.72. The lowest BCUT2D eigenvalue weighted by atomic mass is 10.3. The minimum Gasteiger partial charge on any atom is -0.491 e. The Bertz CT molecular complexity index is 587. The second-order valence-electron chi connectivity index (χ2n) is 4.27. The van der Waals surface area contributed by atoms with E-state index in [-0.39, 0.29) is 5.91 Å². The molecule has 0 atom stereocenters. The van der Waals surface area contributed by atoms with Crippen molar-refractivity contribution in [1.29, 1.82) is 0 Å². The fourth-order valence-corrected chi connectivity index (χ4v) is 2.49. The lowest BCUT2D eigenvalue weighted by molar-refractivity contribution is 0.103. The highest BCUT2D eigenvalue weighted by molar-refractivity contribution is 7.12. The average Bonchev–Trinajstić information content (AvgIpc) is 3.00. The predicted molar refractivity (Wildman–Crippen MR) is 85.7 cm³/mol. The maximum Gasteiger partial charge on any atom is 0.265 e. The van der Waals surface area contributed by atoms with Gasteiger partial charge in [-0.25, -0.2) is 0 Å². The number of thiophene rings is 1. The van der Waals surface area contributed by atoms with Crippen LogP contribution in [-0.4, -0.2) is 26.2 Å². The van der Waals surface area contributed by atoms with Gasteiger partial charge in [-0.05, 0) is 29.6 Å². The molecule has 0 aliphatic heterocycles. The van der Waals surface area contributed by atoms with E-state index >= 15 is 0 Å². The molecule has 0 saturated heterocycles. The number of carbonyl (C=O) groups is 1. The van der Waals surface area contributed by atoms with E-state index in [1.807, 2.05) is 11.4 Å². The number of benzene rings is 1. The first kappa shape index (κ1) is 15.8. The number of anilines is 1. The van der Waals surface area contributed by atoms with Crippen molar-refractivity contribution in [2.24, 2.45) is 0 Å². The number of halogens is 1. The van der Waals surface area contributed by atoms with E-state index in [0.717, 1.165) is 6.42 Å². The molecule has 1 aromatic carbocycles. The molecular weight excluding hydrogens is 310 g/mol. The standard InChI is InChI=1S/C15H16ClNO3S/c1-19-7-3-8-20-13-6-5-11(16)10-12(13)17-15(18)14-4-2-9-21-14/h2,4-6,9-10H,3,7-8H2,1H3,(H,17,18). The monoisotopic (exact) mass is 325 g/mol. The Morgan fingerprint density at radius 3 is 2.90 bits per heavy atom. The maximum atomic E-state index is 12.1. The lowest BCUT2D eigenvalue weighted by Gasteiger charge is -2.12. The molecule has 0 radical (unpaired) electrons. The molecule has 112 valence electrons. The molecule has 0 saturated carbocycles. The number of hydrogen-bond donors (Lipinski definition) is 1. The number of hydrogen-bond acceptors (Lipinski definition) is 4. The zero-order valence-corrected chi connectivity index (χ0v) is 13.2. The average molecular weight is 326 g/mol. The second kappa shape index (κ2) is 8.02. The van der Waals surface area contributed by atoms with E-state index in [2.05, 4.69) is 5.32 Å². The Hall–Kier alpha value is -1.56. The van der Waals surface area contributed by atoms with Gasteiger partial charge >= 0.3 is 0 Å². The molecule has 4 nitrogen and oxygen atoms in total. The number of nitrogens with one attached hydrogen (secondary N) is 1. The summed E-state index contributed by atoms with van der Waals surface area (Å²) in [6.07, 6.45) is 0.775. The van der Waals surface area contributed by atoms with Crippen LogP contribution in [0.4, 0.5) is 5.69 Å². The zero-order valence-electron chi connectivity index (χ0n) is 11.6. The molecule has 2 aromatic rings. The molecule has 6 heteroatoms. The molecule has 0 spiro atoms.